The normalized spacial score (nSPS) is 16.3. The van der Waals surface area contributed by atoms with Crippen LogP contribution in [0.2, 0.25) is 5.02 Å². The van der Waals surface area contributed by atoms with Gasteiger partial charge in [-0.25, -0.2) is 9.97 Å². The molecule has 0 radical (unpaired) electrons. The number of aromatic nitrogens is 4. The van der Waals surface area contributed by atoms with Crippen LogP contribution < -0.4 is 0 Å². The zero-order valence-electron chi connectivity index (χ0n) is 14.7. The molecule has 140 valence electrons. The van der Waals surface area contributed by atoms with Crippen molar-refractivity contribution in [2.45, 2.75) is 12.5 Å². The van der Waals surface area contributed by atoms with Crippen molar-refractivity contribution in [2.24, 2.45) is 0 Å². The summed E-state index contributed by atoms with van der Waals surface area (Å²) in [6, 6.07) is 10.6. The zero-order chi connectivity index (χ0) is 19.3. The number of halogens is 1. The second-order valence-electron chi connectivity index (χ2n) is 6.84. The largest absolute Gasteiger partial charge is 0.508 e. The van der Waals surface area contributed by atoms with Crippen LogP contribution in [0.3, 0.4) is 0 Å². The fraction of sp³-hybridized carbons (Fsp3) is 0.150. The van der Waals surface area contributed by atoms with Crippen molar-refractivity contribution in [3.8, 4) is 5.75 Å². The number of amides is 1. The quantitative estimate of drug-likeness (QED) is 0.547. The Balaban J connectivity index is 1.50. The molecular weight excluding hydrogens is 378 g/mol. The highest BCUT2D eigenvalue weighted by molar-refractivity contribution is 6.30. The van der Waals surface area contributed by atoms with Crippen LogP contribution in [0, 0.1) is 0 Å². The summed E-state index contributed by atoms with van der Waals surface area (Å²) < 4.78 is 1.74. The Morgan fingerprint density at radius 3 is 3.00 bits per heavy atom. The molecule has 8 heteroatoms. The SMILES string of the molecule is O=C(c1cn2cc(Cl)ccc2n1)N1Cc2[nH]cnc2C(c2cccc(O)c2)C1. The highest BCUT2D eigenvalue weighted by atomic mass is 35.5. The lowest BCUT2D eigenvalue weighted by atomic mass is 9.90. The van der Waals surface area contributed by atoms with Crippen LogP contribution in [-0.4, -0.2) is 41.8 Å². The Morgan fingerprint density at radius 1 is 1.25 bits per heavy atom. The van der Waals surface area contributed by atoms with Gasteiger partial charge in [0.2, 0.25) is 0 Å². The number of carbonyl (C=O) groups is 1. The van der Waals surface area contributed by atoms with Crippen LogP contribution in [0.5, 0.6) is 5.75 Å². The van der Waals surface area contributed by atoms with Crippen molar-refractivity contribution in [3.63, 3.8) is 0 Å². The third kappa shape index (κ3) is 2.80. The Morgan fingerprint density at radius 2 is 2.14 bits per heavy atom. The third-order valence-corrected chi connectivity index (χ3v) is 5.25. The molecule has 2 N–H and O–H groups in total. The maximum Gasteiger partial charge on any atom is 0.274 e. The average Bonchev–Trinajstić information content (AvgIpc) is 3.32. The lowest BCUT2D eigenvalue weighted by Gasteiger charge is -2.32. The van der Waals surface area contributed by atoms with E-state index in [0.29, 0.717) is 29.5 Å². The summed E-state index contributed by atoms with van der Waals surface area (Å²) in [5.41, 5.74) is 3.72. The Labute approximate surface area is 165 Å². The molecular formula is C20H16ClN5O2. The maximum atomic E-state index is 13.2. The zero-order valence-corrected chi connectivity index (χ0v) is 15.5. The van der Waals surface area contributed by atoms with Gasteiger partial charge in [-0.2, -0.15) is 0 Å². The molecule has 1 aliphatic rings. The van der Waals surface area contributed by atoms with E-state index in [4.69, 9.17) is 11.6 Å². The van der Waals surface area contributed by atoms with Crippen molar-refractivity contribution in [3.05, 3.63) is 82.8 Å². The monoisotopic (exact) mass is 393 g/mol. The molecule has 1 aliphatic heterocycles. The predicted molar refractivity (Wildman–Crippen MR) is 103 cm³/mol. The van der Waals surface area contributed by atoms with E-state index in [9.17, 15) is 9.90 Å². The number of H-pyrrole nitrogens is 1. The van der Waals surface area contributed by atoms with Gasteiger partial charge in [-0.1, -0.05) is 23.7 Å². The maximum absolute atomic E-state index is 13.2. The molecule has 4 heterocycles. The number of nitrogens with one attached hydrogen (secondary N) is 1. The molecule has 0 saturated carbocycles. The van der Waals surface area contributed by atoms with Gasteiger partial charge in [0.25, 0.3) is 5.91 Å². The number of phenolic OH excluding ortho intramolecular Hbond substituents is 1. The lowest BCUT2D eigenvalue weighted by Crippen LogP contribution is -2.39. The highest BCUT2D eigenvalue weighted by Crippen LogP contribution is 2.33. The number of fused-ring (bicyclic) bond motifs is 2. The molecule has 0 aliphatic carbocycles. The van der Waals surface area contributed by atoms with E-state index in [0.717, 1.165) is 17.0 Å². The van der Waals surface area contributed by atoms with Gasteiger partial charge < -0.3 is 19.4 Å². The van der Waals surface area contributed by atoms with E-state index in [2.05, 4.69) is 15.0 Å². The number of carbonyl (C=O) groups excluding carboxylic acids is 1. The first-order valence-electron chi connectivity index (χ1n) is 8.83. The molecule has 1 unspecified atom stereocenters. The number of aromatic hydroxyl groups is 1. The summed E-state index contributed by atoms with van der Waals surface area (Å²) in [5, 5.41) is 10.4. The van der Waals surface area contributed by atoms with Crippen LogP contribution in [0.1, 0.15) is 33.4 Å². The van der Waals surface area contributed by atoms with Crippen molar-refractivity contribution >= 4 is 23.2 Å². The van der Waals surface area contributed by atoms with Gasteiger partial charge in [0.15, 0.2) is 0 Å². The van der Waals surface area contributed by atoms with Crippen molar-refractivity contribution in [1.82, 2.24) is 24.3 Å². The Kier molecular flexibility index (Phi) is 3.84. The number of phenols is 1. The second-order valence-corrected chi connectivity index (χ2v) is 7.27. The second kappa shape index (κ2) is 6.38. The molecule has 5 rings (SSSR count). The van der Waals surface area contributed by atoms with Gasteiger partial charge in [-0.3, -0.25) is 4.79 Å². The van der Waals surface area contributed by atoms with Crippen LogP contribution in [0.25, 0.3) is 5.65 Å². The van der Waals surface area contributed by atoms with Crippen LogP contribution >= 0.6 is 11.6 Å². The van der Waals surface area contributed by atoms with E-state index in [1.54, 1.807) is 58.4 Å². The van der Waals surface area contributed by atoms with Gasteiger partial charge in [0.1, 0.15) is 17.1 Å². The molecule has 0 bridgehead atoms. The summed E-state index contributed by atoms with van der Waals surface area (Å²) in [6.45, 7) is 0.882. The van der Waals surface area contributed by atoms with E-state index in [1.165, 1.54) is 0 Å². The summed E-state index contributed by atoms with van der Waals surface area (Å²) >= 11 is 6.02. The van der Waals surface area contributed by atoms with E-state index in [-0.39, 0.29) is 17.6 Å². The number of aromatic amines is 1. The minimum absolute atomic E-state index is 0.127. The molecule has 0 spiro atoms. The molecule has 0 fully saturated rings. The molecule has 1 amide bonds. The Bertz CT molecular complexity index is 1200. The van der Waals surface area contributed by atoms with E-state index < -0.39 is 0 Å². The highest BCUT2D eigenvalue weighted by Gasteiger charge is 2.32. The number of benzene rings is 1. The molecule has 3 aromatic heterocycles. The van der Waals surface area contributed by atoms with Gasteiger partial charge >= 0.3 is 0 Å². The smallest absolute Gasteiger partial charge is 0.274 e. The summed E-state index contributed by atoms with van der Waals surface area (Å²) in [7, 11) is 0. The van der Waals surface area contributed by atoms with E-state index in [1.807, 2.05) is 6.07 Å². The minimum Gasteiger partial charge on any atom is -0.508 e. The molecule has 28 heavy (non-hydrogen) atoms. The first-order chi connectivity index (χ1) is 13.6. The molecule has 1 atom stereocenters. The lowest BCUT2D eigenvalue weighted by molar-refractivity contribution is 0.0716. The number of hydrogen-bond donors (Lipinski definition) is 2. The fourth-order valence-corrected chi connectivity index (χ4v) is 3.88. The summed E-state index contributed by atoms with van der Waals surface area (Å²) in [4.78, 5) is 26.9. The van der Waals surface area contributed by atoms with E-state index >= 15 is 0 Å². The standard InChI is InChI=1S/C20H16ClN5O2/c21-13-4-5-18-24-17(10-25(18)7-13)20(28)26-8-15(12-2-1-3-14(27)6-12)19-16(9-26)22-11-23-19/h1-7,10-11,15,27H,8-9H2,(H,22,23). The summed E-state index contributed by atoms with van der Waals surface area (Å²) in [6.07, 6.45) is 5.05. The van der Waals surface area contributed by atoms with Crippen LogP contribution in [0.4, 0.5) is 0 Å². The first kappa shape index (κ1) is 16.8. The number of nitrogens with zero attached hydrogens (tertiary/aromatic N) is 4. The number of rotatable bonds is 2. The number of imidazole rings is 2. The molecule has 1 aromatic carbocycles. The minimum atomic E-state index is -0.162. The van der Waals surface area contributed by atoms with Gasteiger partial charge in [-0.05, 0) is 29.8 Å². The fourth-order valence-electron chi connectivity index (χ4n) is 3.71. The van der Waals surface area contributed by atoms with Gasteiger partial charge in [0.05, 0.1) is 29.3 Å². The predicted octanol–water partition coefficient (Wildman–Crippen LogP) is 3.20. The van der Waals surface area contributed by atoms with Crippen LogP contribution in [0.15, 0.2) is 55.1 Å². The third-order valence-electron chi connectivity index (χ3n) is 5.03. The molecule has 0 saturated heterocycles. The van der Waals surface area contributed by atoms with Crippen molar-refractivity contribution < 1.29 is 9.90 Å². The topological polar surface area (TPSA) is 86.5 Å². The van der Waals surface area contributed by atoms with Crippen molar-refractivity contribution in [1.29, 1.82) is 0 Å². The number of hydrogen-bond acceptors (Lipinski definition) is 4. The van der Waals surface area contributed by atoms with Crippen LogP contribution in [-0.2, 0) is 6.54 Å². The molecule has 4 aromatic rings. The first-order valence-corrected chi connectivity index (χ1v) is 9.21. The van der Waals surface area contributed by atoms with Crippen molar-refractivity contribution in [2.75, 3.05) is 6.54 Å². The molecule has 7 nitrogen and oxygen atoms in total. The average molecular weight is 394 g/mol. The Hall–Kier alpha value is -3.32. The summed E-state index contributed by atoms with van der Waals surface area (Å²) in [5.74, 6) is -0.0991. The number of pyridine rings is 1. The van der Waals surface area contributed by atoms with Gasteiger partial charge in [-0.15, -0.1) is 0 Å². The van der Waals surface area contributed by atoms with Gasteiger partial charge in [0, 0.05) is 24.9 Å².